The largest absolute Gasteiger partial charge is 0.326 e. The second-order valence-electron chi connectivity index (χ2n) is 7.07. The topological polar surface area (TPSA) is 29.3 Å². The monoisotopic (exact) mass is 252 g/mol. The number of nitrogens with zero attached hydrogens (tertiary/aromatic N) is 1. The lowest BCUT2D eigenvalue weighted by Gasteiger charge is -2.49. The van der Waals surface area contributed by atoms with E-state index in [9.17, 15) is 0 Å². The van der Waals surface area contributed by atoms with Crippen LogP contribution >= 0.6 is 0 Å². The fourth-order valence-corrected chi connectivity index (χ4v) is 4.20. The second-order valence-corrected chi connectivity index (χ2v) is 7.07. The Kier molecular flexibility index (Phi) is 4.71. The van der Waals surface area contributed by atoms with Crippen molar-refractivity contribution in [2.45, 2.75) is 77.9 Å². The minimum absolute atomic E-state index is 0.410. The molecule has 2 rings (SSSR count). The van der Waals surface area contributed by atoms with Crippen molar-refractivity contribution in [1.82, 2.24) is 4.90 Å². The molecule has 1 saturated heterocycles. The molecular formula is C16H32N2. The molecule has 2 nitrogen and oxygen atoms in total. The molecule has 0 spiro atoms. The molecular weight excluding hydrogens is 220 g/mol. The molecule has 2 N–H and O–H groups in total. The van der Waals surface area contributed by atoms with Gasteiger partial charge in [0.2, 0.25) is 0 Å². The van der Waals surface area contributed by atoms with E-state index in [1.165, 1.54) is 38.6 Å². The Hall–Kier alpha value is -0.0800. The summed E-state index contributed by atoms with van der Waals surface area (Å²) in [5, 5.41) is 0. The highest BCUT2D eigenvalue weighted by Gasteiger charge is 2.38. The van der Waals surface area contributed by atoms with E-state index in [0.717, 1.165) is 17.8 Å². The number of piperidine rings is 1. The summed E-state index contributed by atoms with van der Waals surface area (Å²) in [4.78, 5) is 2.76. The quantitative estimate of drug-likeness (QED) is 0.817. The Morgan fingerprint density at radius 2 is 1.83 bits per heavy atom. The molecule has 106 valence electrons. The van der Waals surface area contributed by atoms with Gasteiger partial charge in [-0.1, -0.05) is 27.2 Å². The predicted octanol–water partition coefficient (Wildman–Crippen LogP) is 3.26. The maximum Gasteiger partial charge on any atom is 0.0252 e. The summed E-state index contributed by atoms with van der Waals surface area (Å²) in [6, 6.07) is 1.77. The Morgan fingerprint density at radius 3 is 2.50 bits per heavy atom. The van der Waals surface area contributed by atoms with E-state index in [-0.39, 0.29) is 0 Å². The summed E-state index contributed by atoms with van der Waals surface area (Å²) in [6.07, 6.45) is 6.63. The van der Waals surface area contributed by atoms with Crippen LogP contribution in [-0.4, -0.2) is 29.6 Å². The van der Waals surface area contributed by atoms with Crippen molar-refractivity contribution in [3.05, 3.63) is 0 Å². The minimum atomic E-state index is 0.410. The van der Waals surface area contributed by atoms with Crippen molar-refractivity contribution in [3.63, 3.8) is 0 Å². The molecule has 18 heavy (non-hydrogen) atoms. The SMILES string of the molecule is CCC1CCC(N)C(N2CC(C)CC(C)C2C)C1. The van der Waals surface area contributed by atoms with Crippen LogP contribution in [0.1, 0.15) is 59.8 Å². The molecule has 0 bridgehead atoms. The van der Waals surface area contributed by atoms with Crippen LogP contribution in [0.2, 0.25) is 0 Å². The van der Waals surface area contributed by atoms with Crippen molar-refractivity contribution >= 4 is 0 Å². The lowest BCUT2D eigenvalue weighted by molar-refractivity contribution is 0.00742. The molecule has 1 aliphatic heterocycles. The smallest absolute Gasteiger partial charge is 0.0252 e. The molecule has 0 radical (unpaired) electrons. The summed E-state index contributed by atoms with van der Waals surface area (Å²) in [5.41, 5.74) is 6.44. The first-order valence-corrected chi connectivity index (χ1v) is 8.04. The summed E-state index contributed by atoms with van der Waals surface area (Å²) in [6.45, 7) is 10.8. The minimum Gasteiger partial charge on any atom is -0.326 e. The second kappa shape index (κ2) is 5.92. The third-order valence-electron chi connectivity index (χ3n) is 5.62. The zero-order valence-electron chi connectivity index (χ0n) is 12.7. The molecule has 2 fully saturated rings. The highest BCUT2D eigenvalue weighted by Crippen LogP contribution is 2.35. The summed E-state index contributed by atoms with van der Waals surface area (Å²) in [5.74, 6) is 2.57. The molecule has 0 aromatic heterocycles. The first-order valence-electron chi connectivity index (χ1n) is 8.04. The van der Waals surface area contributed by atoms with Gasteiger partial charge in [-0.2, -0.15) is 0 Å². The zero-order chi connectivity index (χ0) is 13.3. The van der Waals surface area contributed by atoms with Crippen molar-refractivity contribution in [1.29, 1.82) is 0 Å². The van der Waals surface area contributed by atoms with E-state index >= 15 is 0 Å². The summed E-state index contributed by atoms with van der Waals surface area (Å²) < 4.78 is 0. The summed E-state index contributed by atoms with van der Waals surface area (Å²) >= 11 is 0. The number of rotatable bonds is 2. The van der Waals surface area contributed by atoms with E-state index < -0.39 is 0 Å². The van der Waals surface area contributed by atoms with Crippen LogP contribution in [0.25, 0.3) is 0 Å². The van der Waals surface area contributed by atoms with Crippen LogP contribution in [0.3, 0.4) is 0 Å². The van der Waals surface area contributed by atoms with Crippen LogP contribution in [0.15, 0.2) is 0 Å². The van der Waals surface area contributed by atoms with E-state index in [1.807, 2.05) is 0 Å². The maximum atomic E-state index is 6.44. The first kappa shape index (κ1) is 14.3. The average Bonchev–Trinajstić information content (AvgIpc) is 2.34. The van der Waals surface area contributed by atoms with Gasteiger partial charge in [0, 0.05) is 24.7 Å². The fraction of sp³-hybridized carbons (Fsp3) is 1.00. The molecule has 1 saturated carbocycles. The molecule has 1 heterocycles. The van der Waals surface area contributed by atoms with Gasteiger partial charge in [0.05, 0.1) is 0 Å². The molecule has 0 aromatic carbocycles. The van der Waals surface area contributed by atoms with E-state index in [2.05, 4.69) is 32.6 Å². The number of nitrogens with two attached hydrogens (primary N) is 1. The summed E-state index contributed by atoms with van der Waals surface area (Å²) in [7, 11) is 0. The van der Waals surface area contributed by atoms with Crippen LogP contribution in [-0.2, 0) is 0 Å². The number of hydrogen-bond donors (Lipinski definition) is 1. The van der Waals surface area contributed by atoms with Crippen LogP contribution in [0.5, 0.6) is 0 Å². The Balaban J connectivity index is 2.07. The van der Waals surface area contributed by atoms with E-state index in [4.69, 9.17) is 5.73 Å². The van der Waals surface area contributed by atoms with Gasteiger partial charge in [0.25, 0.3) is 0 Å². The van der Waals surface area contributed by atoms with Crippen LogP contribution in [0.4, 0.5) is 0 Å². The van der Waals surface area contributed by atoms with Gasteiger partial charge in [-0.3, -0.25) is 4.90 Å². The highest BCUT2D eigenvalue weighted by molar-refractivity contribution is 4.94. The van der Waals surface area contributed by atoms with Gasteiger partial charge in [0.1, 0.15) is 0 Å². The van der Waals surface area contributed by atoms with Gasteiger partial charge in [-0.05, 0) is 50.4 Å². The van der Waals surface area contributed by atoms with Crippen molar-refractivity contribution < 1.29 is 0 Å². The molecule has 6 unspecified atom stereocenters. The van der Waals surface area contributed by atoms with Crippen LogP contribution < -0.4 is 5.73 Å². The lowest BCUT2D eigenvalue weighted by Crippen LogP contribution is -2.58. The van der Waals surface area contributed by atoms with Crippen LogP contribution in [0, 0.1) is 17.8 Å². The molecule has 0 amide bonds. The van der Waals surface area contributed by atoms with Crippen molar-refractivity contribution in [3.8, 4) is 0 Å². The first-order chi connectivity index (χ1) is 8.52. The maximum absolute atomic E-state index is 6.44. The lowest BCUT2D eigenvalue weighted by atomic mass is 9.77. The normalized spacial score (nSPS) is 47.2. The Bertz CT molecular complexity index is 266. The zero-order valence-corrected chi connectivity index (χ0v) is 12.7. The Morgan fingerprint density at radius 1 is 1.11 bits per heavy atom. The standard InChI is InChI=1S/C16H32N2/c1-5-14-6-7-15(17)16(9-14)18-10-11(2)8-12(3)13(18)4/h11-16H,5-10,17H2,1-4H3. The number of likely N-dealkylation sites (tertiary alicyclic amines) is 1. The molecule has 1 aliphatic carbocycles. The van der Waals surface area contributed by atoms with Crippen molar-refractivity contribution in [2.24, 2.45) is 23.5 Å². The van der Waals surface area contributed by atoms with Gasteiger partial charge in [-0.25, -0.2) is 0 Å². The van der Waals surface area contributed by atoms with Gasteiger partial charge < -0.3 is 5.73 Å². The predicted molar refractivity (Wildman–Crippen MR) is 78.5 cm³/mol. The van der Waals surface area contributed by atoms with E-state index in [0.29, 0.717) is 18.1 Å². The van der Waals surface area contributed by atoms with E-state index in [1.54, 1.807) is 0 Å². The molecule has 2 heteroatoms. The third kappa shape index (κ3) is 2.91. The molecule has 0 aromatic rings. The average molecular weight is 252 g/mol. The van der Waals surface area contributed by atoms with Gasteiger partial charge >= 0.3 is 0 Å². The van der Waals surface area contributed by atoms with Crippen molar-refractivity contribution in [2.75, 3.05) is 6.54 Å². The fourth-order valence-electron chi connectivity index (χ4n) is 4.20. The van der Waals surface area contributed by atoms with Gasteiger partial charge in [-0.15, -0.1) is 0 Å². The molecule has 6 atom stereocenters. The number of hydrogen-bond acceptors (Lipinski definition) is 2. The Labute approximate surface area is 113 Å². The highest BCUT2D eigenvalue weighted by atomic mass is 15.2. The van der Waals surface area contributed by atoms with Gasteiger partial charge in [0.15, 0.2) is 0 Å². The molecule has 2 aliphatic rings. The third-order valence-corrected chi connectivity index (χ3v) is 5.62.